The Morgan fingerprint density at radius 2 is 1.71 bits per heavy atom. The molecule has 1 N–H and O–H groups in total. The molecule has 1 amide bonds. The number of amides is 1. The highest BCUT2D eigenvalue weighted by Gasteiger charge is 2.20. The minimum absolute atomic E-state index is 0.0115. The molecule has 0 aliphatic rings. The molecule has 0 saturated heterocycles. The first-order valence-electron chi connectivity index (χ1n) is 11.1. The highest BCUT2D eigenvalue weighted by Crippen LogP contribution is 2.21. The van der Waals surface area contributed by atoms with Gasteiger partial charge in [0.15, 0.2) is 0 Å². The van der Waals surface area contributed by atoms with Crippen LogP contribution >= 0.6 is 0 Å². The van der Waals surface area contributed by atoms with Crippen molar-refractivity contribution in [2.24, 2.45) is 0 Å². The predicted molar refractivity (Wildman–Crippen MR) is 123 cm³/mol. The number of hydrogen-bond acceptors (Lipinski definition) is 4. The van der Waals surface area contributed by atoms with E-state index in [1.165, 1.54) is 6.42 Å². The fraction of sp³-hybridized carbons (Fsp3) is 0.440. The summed E-state index contributed by atoms with van der Waals surface area (Å²) in [5.74, 6) is 0.559. The normalized spacial score (nSPS) is 12.0. The molecule has 0 fully saturated rings. The topological polar surface area (TPSA) is 72.7 Å². The lowest BCUT2D eigenvalue weighted by molar-refractivity contribution is -0.121. The summed E-state index contributed by atoms with van der Waals surface area (Å²) in [6.45, 7) is 9.99. The lowest BCUT2D eigenvalue weighted by atomic mass is 10.00. The van der Waals surface area contributed by atoms with Crippen molar-refractivity contribution in [3.05, 3.63) is 70.3 Å². The molecule has 1 aromatic carbocycles. The van der Waals surface area contributed by atoms with E-state index in [4.69, 9.17) is 0 Å². The highest BCUT2D eigenvalue weighted by atomic mass is 16.1. The van der Waals surface area contributed by atoms with Crippen LogP contribution in [0.25, 0.3) is 5.95 Å². The van der Waals surface area contributed by atoms with Crippen LogP contribution in [0.3, 0.4) is 0 Å². The molecule has 0 spiro atoms. The van der Waals surface area contributed by atoms with E-state index in [2.05, 4.69) is 39.4 Å². The summed E-state index contributed by atoms with van der Waals surface area (Å²) < 4.78 is 1.74. The van der Waals surface area contributed by atoms with Gasteiger partial charge in [-0.3, -0.25) is 4.79 Å². The van der Waals surface area contributed by atoms with Gasteiger partial charge in [0.2, 0.25) is 5.91 Å². The summed E-state index contributed by atoms with van der Waals surface area (Å²) in [4.78, 5) is 22.0. The molecule has 2 aromatic heterocycles. The van der Waals surface area contributed by atoms with E-state index >= 15 is 0 Å². The van der Waals surface area contributed by atoms with Gasteiger partial charge in [-0.15, -0.1) is 0 Å². The van der Waals surface area contributed by atoms with Crippen molar-refractivity contribution >= 4 is 5.91 Å². The van der Waals surface area contributed by atoms with Crippen molar-refractivity contribution in [1.82, 2.24) is 25.1 Å². The van der Waals surface area contributed by atoms with E-state index in [1.54, 1.807) is 4.68 Å². The molecule has 0 aliphatic heterocycles. The molecule has 6 nitrogen and oxygen atoms in total. The standard InChI is InChI=1S/C25H33N5O/c1-6-7-9-14-23(21-12-10-8-11-13-21)28-24(31)16-22-19(4)29-30(20(22)5)25-26-17(2)15-18(3)27-25/h8,10-13,15,23H,6-7,9,14,16H2,1-5H3,(H,28,31). The van der Waals surface area contributed by atoms with Crippen molar-refractivity contribution in [3.8, 4) is 5.95 Å². The van der Waals surface area contributed by atoms with E-state index in [-0.39, 0.29) is 11.9 Å². The monoisotopic (exact) mass is 419 g/mol. The largest absolute Gasteiger partial charge is 0.349 e. The second-order valence-corrected chi connectivity index (χ2v) is 8.22. The molecule has 164 valence electrons. The van der Waals surface area contributed by atoms with E-state index < -0.39 is 0 Å². The highest BCUT2D eigenvalue weighted by molar-refractivity contribution is 5.79. The molecule has 0 radical (unpaired) electrons. The van der Waals surface area contributed by atoms with Crippen LogP contribution in [0, 0.1) is 27.7 Å². The second kappa shape index (κ2) is 10.3. The number of carbonyl (C=O) groups excluding carboxylic acids is 1. The van der Waals surface area contributed by atoms with Crippen molar-refractivity contribution in [1.29, 1.82) is 0 Å². The molecule has 6 heteroatoms. The number of nitrogens with one attached hydrogen (secondary N) is 1. The van der Waals surface area contributed by atoms with Crippen molar-refractivity contribution in [2.45, 2.75) is 72.8 Å². The minimum Gasteiger partial charge on any atom is -0.349 e. The number of rotatable bonds is 9. The Bertz CT molecular complexity index is 1010. The Morgan fingerprint density at radius 3 is 2.35 bits per heavy atom. The third-order valence-corrected chi connectivity index (χ3v) is 5.57. The van der Waals surface area contributed by atoms with Crippen LogP contribution in [-0.4, -0.2) is 25.7 Å². The van der Waals surface area contributed by atoms with Gasteiger partial charge >= 0.3 is 0 Å². The first kappa shape index (κ1) is 22.7. The summed E-state index contributed by atoms with van der Waals surface area (Å²) >= 11 is 0. The van der Waals surface area contributed by atoms with Crippen LogP contribution in [-0.2, 0) is 11.2 Å². The van der Waals surface area contributed by atoms with Gasteiger partial charge in [-0.25, -0.2) is 14.6 Å². The van der Waals surface area contributed by atoms with Crippen LogP contribution in [0.1, 0.15) is 72.6 Å². The van der Waals surface area contributed by atoms with E-state index in [0.717, 1.165) is 53.2 Å². The maximum atomic E-state index is 13.0. The van der Waals surface area contributed by atoms with Gasteiger partial charge in [-0.05, 0) is 45.7 Å². The lowest BCUT2D eigenvalue weighted by Gasteiger charge is -2.19. The predicted octanol–water partition coefficient (Wildman–Crippen LogP) is 4.88. The zero-order chi connectivity index (χ0) is 22.4. The summed E-state index contributed by atoms with van der Waals surface area (Å²) in [6, 6.07) is 12.2. The zero-order valence-electron chi connectivity index (χ0n) is 19.3. The number of aromatic nitrogens is 4. The fourth-order valence-corrected chi connectivity index (χ4v) is 3.94. The quantitative estimate of drug-likeness (QED) is 0.502. The van der Waals surface area contributed by atoms with Gasteiger partial charge in [-0.2, -0.15) is 5.10 Å². The molecule has 3 rings (SSSR count). The van der Waals surface area contributed by atoms with Crippen LogP contribution in [0.2, 0.25) is 0 Å². The third-order valence-electron chi connectivity index (χ3n) is 5.57. The van der Waals surface area contributed by atoms with Crippen LogP contribution in [0.5, 0.6) is 0 Å². The number of aryl methyl sites for hydroxylation is 3. The molecular formula is C25H33N5O. The average Bonchev–Trinajstić information content (AvgIpc) is 3.01. The third kappa shape index (κ3) is 5.78. The lowest BCUT2D eigenvalue weighted by Crippen LogP contribution is -2.30. The molecule has 31 heavy (non-hydrogen) atoms. The van der Waals surface area contributed by atoms with Crippen LogP contribution in [0.15, 0.2) is 36.4 Å². The summed E-state index contributed by atoms with van der Waals surface area (Å²) in [6.07, 6.45) is 4.65. The van der Waals surface area contributed by atoms with Gasteiger partial charge in [0.05, 0.1) is 18.2 Å². The molecule has 2 heterocycles. The van der Waals surface area contributed by atoms with Crippen molar-refractivity contribution in [3.63, 3.8) is 0 Å². The number of carbonyl (C=O) groups is 1. The Hall–Kier alpha value is -3.02. The van der Waals surface area contributed by atoms with Gasteiger partial charge in [-0.1, -0.05) is 56.5 Å². The first-order valence-corrected chi connectivity index (χ1v) is 11.1. The molecule has 0 bridgehead atoms. The fourth-order valence-electron chi connectivity index (χ4n) is 3.94. The molecule has 0 saturated carbocycles. The van der Waals surface area contributed by atoms with Gasteiger partial charge in [0, 0.05) is 22.6 Å². The number of nitrogens with zero attached hydrogens (tertiary/aromatic N) is 4. The SMILES string of the molecule is CCCCCC(NC(=O)Cc1c(C)nn(-c2nc(C)cc(C)n2)c1C)c1ccccc1. The maximum absolute atomic E-state index is 13.0. The smallest absolute Gasteiger partial charge is 0.251 e. The van der Waals surface area contributed by atoms with E-state index in [0.29, 0.717) is 12.4 Å². The number of benzene rings is 1. The molecule has 1 unspecified atom stereocenters. The summed E-state index contributed by atoms with van der Waals surface area (Å²) in [5, 5.41) is 7.88. The van der Waals surface area contributed by atoms with Crippen molar-refractivity contribution < 1.29 is 4.79 Å². The van der Waals surface area contributed by atoms with Gasteiger partial charge in [0.25, 0.3) is 5.95 Å². The summed E-state index contributed by atoms with van der Waals surface area (Å²) in [5.41, 5.74) is 5.61. The Morgan fingerprint density at radius 1 is 1.03 bits per heavy atom. The summed E-state index contributed by atoms with van der Waals surface area (Å²) in [7, 11) is 0. The maximum Gasteiger partial charge on any atom is 0.251 e. The minimum atomic E-state index is 0.0115. The average molecular weight is 420 g/mol. The van der Waals surface area contributed by atoms with E-state index in [1.807, 2.05) is 52.0 Å². The Kier molecular flexibility index (Phi) is 7.55. The van der Waals surface area contributed by atoms with Crippen LogP contribution in [0.4, 0.5) is 0 Å². The Balaban J connectivity index is 1.78. The number of hydrogen-bond donors (Lipinski definition) is 1. The first-order chi connectivity index (χ1) is 14.9. The van der Waals surface area contributed by atoms with Gasteiger partial charge < -0.3 is 5.32 Å². The second-order valence-electron chi connectivity index (χ2n) is 8.22. The Labute approximate surface area is 185 Å². The van der Waals surface area contributed by atoms with Crippen molar-refractivity contribution in [2.75, 3.05) is 0 Å². The molecule has 0 aliphatic carbocycles. The zero-order valence-corrected chi connectivity index (χ0v) is 19.3. The molecule has 1 atom stereocenters. The molecular weight excluding hydrogens is 386 g/mol. The molecule has 3 aromatic rings. The van der Waals surface area contributed by atoms with Crippen LogP contribution < -0.4 is 5.32 Å². The van der Waals surface area contributed by atoms with E-state index in [9.17, 15) is 4.79 Å². The number of unbranched alkanes of at least 4 members (excludes halogenated alkanes) is 2. The van der Waals surface area contributed by atoms with Gasteiger partial charge in [0.1, 0.15) is 0 Å².